The molecule has 0 radical (unpaired) electrons. The normalized spacial score (nSPS) is 10.6. The van der Waals surface area contributed by atoms with Crippen LogP contribution in [0.5, 0.6) is 0 Å². The number of alkyl halides is 2. The highest BCUT2D eigenvalue weighted by molar-refractivity contribution is 5.81. The van der Waals surface area contributed by atoms with Gasteiger partial charge in [0.05, 0.1) is 6.21 Å². The maximum atomic E-state index is 12.5. The Morgan fingerprint density at radius 1 is 1.44 bits per heavy atom. The Bertz CT molecular complexity index is 396. The summed E-state index contributed by atoms with van der Waals surface area (Å²) in [6, 6.07) is 6.12. The molecule has 0 fully saturated rings. The third-order valence-corrected chi connectivity index (χ3v) is 1.84. The standard InChI is InChI=1S/C12H11F2NO/c1-2-3-8-16-15-9-10-6-4-5-7-11(10)12(13)14/h1,4-7,9,12H,3,8H2. The van der Waals surface area contributed by atoms with Gasteiger partial charge in [0.15, 0.2) is 0 Å². The van der Waals surface area contributed by atoms with E-state index in [-0.39, 0.29) is 12.2 Å². The van der Waals surface area contributed by atoms with Crippen molar-refractivity contribution in [2.24, 2.45) is 5.16 Å². The Morgan fingerprint density at radius 2 is 2.19 bits per heavy atom. The first-order chi connectivity index (χ1) is 7.75. The van der Waals surface area contributed by atoms with E-state index in [9.17, 15) is 8.78 Å². The third kappa shape index (κ3) is 3.70. The second kappa shape index (κ2) is 6.57. The van der Waals surface area contributed by atoms with Crippen LogP contribution in [0.4, 0.5) is 8.78 Å². The molecule has 1 aromatic rings. The summed E-state index contributed by atoms with van der Waals surface area (Å²) < 4.78 is 25.1. The van der Waals surface area contributed by atoms with Crippen molar-refractivity contribution >= 4 is 6.21 Å². The van der Waals surface area contributed by atoms with E-state index in [1.165, 1.54) is 12.3 Å². The summed E-state index contributed by atoms with van der Waals surface area (Å²) in [5, 5.41) is 3.57. The maximum Gasteiger partial charge on any atom is 0.264 e. The van der Waals surface area contributed by atoms with Gasteiger partial charge in [-0.1, -0.05) is 29.4 Å². The van der Waals surface area contributed by atoms with Crippen LogP contribution in [-0.4, -0.2) is 12.8 Å². The molecular formula is C12H11F2NO. The molecule has 2 nitrogen and oxygen atoms in total. The van der Waals surface area contributed by atoms with E-state index >= 15 is 0 Å². The van der Waals surface area contributed by atoms with Crippen LogP contribution in [0.1, 0.15) is 24.0 Å². The Labute approximate surface area is 92.9 Å². The van der Waals surface area contributed by atoms with Gasteiger partial charge in [-0.2, -0.15) is 0 Å². The maximum absolute atomic E-state index is 12.5. The molecule has 0 atom stereocenters. The van der Waals surface area contributed by atoms with E-state index in [0.717, 1.165) is 0 Å². The molecule has 16 heavy (non-hydrogen) atoms. The summed E-state index contributed by atoms with van der Waals surface area (Å²) in [6.45, 7) is 0.282. The summed E-state index contributed by atoms with van der Waals surface area (Å²) in [5.41, 5.74) is 0.282. The van der Waals surface area contributed by atoms with E-state index < -0.39 is 6.43 Å². The Balaban J connectivity index is 2.63. The number of hydrogen-bond acceptors (Lipinski definition) is 2. The highest BCUT2D eigenvalue weighted by Gasteiger charge is 2.10. The van der Waals surface area contributed by atoms with Crippen molar-refractivity contribution in [2.75, 3.05) is 6.61 Å². The summed E-state index contributed by atoms with van der Waals surface area (Å²) in [4.78, 5) is 4.79. The largest absolute Gasteiger partial charge is 0.395 e. The molecule has 0 N–H and O–H groups in total. The van der Waals surface area contributed by atoms with Gasteiger partial charge in [0.25, 0.3) is 6.43 Å². The van der Waals surface area contributed by atoms with E-state index in [4.69, 9.17) is 11.3 Å². The van der Waals surface area contributed by atoms with Crippen molar-refractivity contribution in [3.05, 3.63) is 35.4 Å². The fraction of sp³-hybridized carbons (Fsp3) is 0.250. The predicted molar refractivity (Wildman–Crippen MR) is 58.4 cm³/mol. The van der Waals surface area contributed by atoms with Crippen molar-refractivity contribution in [3.63, 3.8) is 0 Å². The fourth-order valence-corrected chi connectivity index (χ4v) is 1.08. The smallest absolute Gasteiger partial charge is 0.264 e. The van der Waals surface area contributed by atoms with Crippen LogP contribution in [0, 0.1) is 12.3 Å². The van der Waals surface area contributed by atoms with Crippen molar-refractivity contribution < 1.29 is 13.6 Å². The zero-order valence-corrected chi connectivity index (χ0v) is 8.57. The lowest BCUT2D eigenvalue weighted by Gasteiger charge is -2.03. The quantitative estimate of drug-likeness (QED) is 0.325. The Hall–Kier alpha value is -1.89. The van der Waals surface area contributed by atoms with Gasteiger partial charge in [-0.25, -0.2) is 8.78 Å². The SMILES string of the molecule is C#CCCON=Cc1ccccc1C(F)F. The molecule has 1 aromatic carbocycles. The summed E-state index contributed by atoms with van der Waals surface area (Å²) in [7, 11) is 0. The minimum absolute atomic E-state index is 0.0631. The summed E-state index contributed by atoms with van der Waals surface area (Å²) >= 11 is 0. The second-order valence-corrected chi connectivity index (χ2v) is 2.95. The minimum atomic E-state index is -2.52. The van der Waals surface area contributed by atoms with Crippen molar-refractivity contribution in [1.82, 2.24) is 0 Å². The van der Waals surface area contributed by atoms with Gasteiger partial charge in [0.1, 0.15) is 6.61 Å². The number of hydrogen-bond donors (Lipinski definition) is 0. The molecule has 0 aromatic heterocycles. The second-order valence-electron chi connectivity index (χ2n) is 2.95. The fourth-order valence-electron chi connectivity index (χ4n) is 1.08. The lowest BCUT2D eigenvalue weighted by atomic mass is 10.1. The first kappa shape index (κ1) is 12.2. The number of rotatable bonds is 5. The van der Waals surface area contributed by atoms with Crippen LogP contribution in [-0.2, 0) is 4.84 Å². The molecule has 0 unspecified atom stereocenters. The van der Waals surface area contributed by atoms with Gasteiger partial charge < -0.3 is 4.84 Å². The van der Waals surface area contributed by atoms with Crippen LogP contribution in [0.2, 0.25) is 0 Å². The molecule has 0 saturated carbocycles. The van der Waals surface area contributed by atoms with Crippen LogP contribution < -0.4 is 0 Å². The zero-order valence-electron chi connectivity index (χ0n) is 8.57. The van der Waals surface area contributed by atoms with E-state index in [0.29, 0.717) is 12.0 Å². The molecule has 0 spiro atoms. The molecular weight excluding hydrogens is 212 g/mol. The topological polar surface area (TPSA) is 21.6 Å². The molecule has 1 rings (SSSR count). The lowest BCUT2D eigenvalue weighted by Crippen LogP contribution is -1.94. The summed E-state index contributed by atoms with van der Waals surface area (Å²) in [6.07, 6.45) is 4.18. The number of halogens is 2. The van der Waals surface area contributed by atoms with Crippen LogP contribution in [0.15, 0.2) is 29.4 Å². The van der Waals surface area contributed by atoms with E-state index in [1.54, 1.807) is 18.2 Å². The Kier molecular flexibility index (Phi) is 5.00. The third-order valence-electron chi connectivity index (χ3n) is 1.84. The monoisotopic (exact) mass is 223 g/mol. The average molecular weight is 223 g/mol. The van der Waals surface area contributed by atoms with Gasteiger partial charge >= 0.3 is 0 Å². The molecule has 0 aliphatic heterocycles. The van der Waals surface area contributed by atoms with Crippen LogP contribution in [0.3, 0.4) is 0 Å². The van der Waals surface area contributed by atoms with Gasteiger partial charge in [-0.15, -0.1) is 12.3 Å². The van der Waals surface area contributed by atoms with Crippen molar-refractivity contribution in [2.45, 2.75) is 12.8 Å². The average Bonchev–Trinajstić information content (AvgIpc) is 2.29. The highest BCUT2D eigenvalue weighted by atomic mass is 19.3. The first-order valence-corrected chi connectivity index (χ1v) is 4.71. The van der Waals surface area contributed by atoms with Crippen LogP contribution >= 0.6 is 0 Å². The molecule has 0 amide bonds. The molecule has 0 saturated heterocycles. The van der Waals surface area contributed by atoms with Crippen LogP contribution in [0.25, 0.3) is 0 Å². The summed E-state index contributed by atoms with van der Waals surface area (Å²) in [5.74, 6) is 2.38. The molecule has 0 aliphatic rings. The van der Waals surface area contributed by atoms with Crippen molar-refractivity contribution in [3.8, 4) is 12.3 Å². The van der Waals surface area contributed by atoms with Gasteiger partial charge in [-0.3, -0.25) is 0 Å². The molecule has 4 heteroatoms. The van der Waals surface area contributed by atoms with Gasteiger partial charge in [-0.05, 0) is 0 Å². The van der Waals surface area contributed by atoms with Gasteiger partial charge in [0.2, 0.25) is 0 Å². The zero-order chi connectivity index (χ0) is 11.8. The molecule has 0 bridgehead atoms. The number of oxime groups is 1. The number of nitrogens with zero attached hydrogens (tertiary/aromatic N) is 1. The minimum Gasteiger partial charge on any atom is -0.395 e. The van der Waals surface area contributed by atoms with E-state index in [1.807, 2.05) is 0 Å². The van der Waals surface area contributed by atoms with Crippen molar-refractivity contribution in [1.29, 1.82) is 0 Å². The number of terminal acetylenes is 1. The lowest BCUT2D eigenvalue weighted by molar-refractivity contribution is 0.149. The molecule has 0 aliphatic carbocycles. The molecule has 0 heterocycles. The molecule has 84 valence electrons. The first-order valence-electron chi connectivity index (χ1n) is 4.71. The van der Waals surface area contributed by atoms with E-state index in [2.05, 4.69) is 11.1 Å². The predicted octanol–water partition coefficient (Wildman–Crippen LogP) is 3.00. The number of benzene rings is 1. The highest BCUT2D eigenvalue weighted by Crippen LogP contribution is 2.21. The Morgan fingerprint density at radius 3 is 2.88 bits per heavy atom. The van der Waals surface area contributed by atoms with Gasteiger partial charge in [0, 0.05) is 17.5 Å².